The van der Waals surface area contributed by atoms with Crippen LogP contribution in [-0.4, -0.2) is 22.5 Å². The van der Waals surface area contributed by atoms with Crippen molar-refractivity contribution in [1.29, 1.82) is 0 Å². The molecule has 0 aliphatic carbocycles. The van der Waals surface area contributed by atoms with Crippen molar-refractivity contribution in [1.82, 2.24) is 17.5 Å². The Morgan fingerprint density at radius 3 is 2.82 bits per heavy atom. The van der Waals surface area contributed by atoms with Gasteiger partial charge in [0.1, 0.15) is 0 Å². The number of alkyl halides is 1. The van der Waals surface area contributed by atoms with Crippen molar-refractivity contribution in [3.63, 3.8) is 0 Å². The molecule has 1 aromatic carbocycles. The first kappa shape index (κ1) is 10.8. The van der Waals surface area contributed by atoms with Crippen molar-refractivity contribution in [3.05, 3.63) is 36.9 Å². The van der Waals surface area contributed by atoms with Gasteiger partial charge in [0.25, 0.3) is 0 Å². The van der Waals surface area contributed by atoms with Crippen LogP contribution in [0.4, 0.5) is 0 Å². The van der Waals surface area contributed by atoms with E-state index in [2.05, 4.69) is 36.0 Å². The van der Waals surface area contributed by atoms with Crippen LogP contribution in [0, 0.1) is 0 Å². The topological polar surface area (TPSA) is 35.6 Å². The zero-order chi connectivity index (χ0) is 11.8. The Kier molecular flexibility index (Phi) is 2.62. The van der Waals surface area contributed by atoms with Gasteiger partial charge in [0.2, 0.25) is 0 Å². The van der Waals surface area contributed by atoms with Crippen LogP contribution < -0.4 is 21.5 Å². The molecule has 3 aromatic rings. The Hall–Kier alpha value is -1.37. The van der Waals surface area contributed by atoms with E-state index in [0.29, 0.717) is 0 Å². The number of hydrogen-bond acceptors (Lipinski definition) is 2. The van der Waals surface area contributed by atoms with Gasteiger partial charge in [-0.15, -0.1) is 0 Å². The van der Waals surface area contributed by atoms with E-state index in [4.69, 9.17) is 0 Å². The van der Waals surface area contributed by atoms with Gasteiger partial charge in [0.15, 0.2) is 0 Å². The predicted molar refractivity (Wildman–Crippen MR) is 63.3 cm³/mol. The monoisotopic (exact) mass is 339 g/mol. The molecule has 0 radical (unpaired) electrons. The molecule has 3 rings (SSSR count). The summed E-state index contributed by atoms with van der Waals surface area (Å²) in [4.78, 5) is 6.63. The molecule has 0 atom stereocenters. The van der Waals surface area contributed by atoms with Crippen LogP contribution in [0.15, 0.2) is 36.9 Å². The summed E-state index contributed by atoms with van der Waals surface area (Å²) in [6.07, 6.45) is 5.86. The van der Waals surface area contributed by atoms with E-state index in [1.165, 1.54) is 11.1 Å². The van der Waals surface area contributed by atoms with Crippen molar-refractivity contribution in [3.8, 4) is 11.1 Å². The molecule has 0 unspecified atom stereocenters. The maximum atomic E-state index is 4.40. The van der Waals surface area contributed by atoms with Crippen LogP contribution in [0.3, 0.4) is 0 Å². The summed E-state index contributed by atoms with van der Waals surface area (Å²) in [6.45, 7) is 0. The number of fused-ring (bicyclic) bond motifs is 1. The van der Waals surface area contributed by atoms with Crippen LogP contribution in [0.5, 0.6) is 0 Å². The summed E-state index contributed by atoms with van der Waals surface area (Å²) in [5.74, 6) is 0. The first-order valence-electron chi connectivity index (χ1n) is 5.24. The molecule has 88 valence electrons. The number of hydrogen-bond donors (Lipinski definition) is 0. The summed E-state index contributed by atoms with van der Waals surface area (Å²) in [7, 11) is 1.93. The van der Waals surface area contributed by atoms with Crippen LogP contribution in [0.2, 0.25) is 0 Å². The van der Waals surface area contributed by atoms with Crippen LogP contribution >= 0.6 is 0 Å². The number of benzene rings is 1. The Balaban J connectivity index is 2.18. The number of rotatable bonds is 2. The van der Waals surface area contributed by atoms with Crippen molar-refractivity contribution >= 4 is 11.0 Å². The molecule has 0 saturated carbocycles. The van der Waals surface area contributed by atoms with Crippen LogP contribution in [0.25, 0.3) is 22.2 Å². The van der Waals surface area contributed by atoms with Crippen molar-refractivity contribution in [2.24, 2.45) is 7.05 Å². The molecule has 2 aromatic heterocycles. The summed E-state index contributed by atoms with van der Waals surface area (Å²) in [6, 6.07) is 6.38. The Bertz CT molecular complexity index is 668. The van der Waals surface area contributed by atoms with Gasteiger partial charge in [-0.2, -0.15) is 0 Å². The molecule has 17 heavy (non-hydrogen) atoms. The average molecular weight is 339 g/mol. The van der Waals surface area contributed by atoms with Gasteiger partial charge in [-0.3, -0.25) is 0 Å². The molecule has 0 bridgehead atoms. The molecule has 0 saturated heterocycles. The first-order valence-corrected chi connectivity index (χ1v) is 8.36. The number of aryl methyl sites for hydroxylation is 1. The Morgan fingerprint density at radius 1 is 1.24 bits per heavy atom. The second kappa shape index (κ2) is 4.14. The van der Waals surface area contributed by atoms with E-state index in [1.54, 1.807) is 0 Å². The van der Waals surface area contributed by atoms with Crippen LogP contribution in [-0.2, 0) is 7.05 Å². The zero-order valence-corrected chi connectivity index (χ0v) is 11.8. The second-order valence-electron chi connectivity index (χ2n) is 3.83. The van der Waals surface area contributed by atoms with Gasteiger partial charge in [0, 0.05) is 0 Å². The predicted octanol–water partition coefficient (Wildman–Crippen LogP) is -1.08. The third kappa shape index (κ3) is 1.84. The van der Waals surface area contributed by atoms with Gasteiger partial charge >= 0.3 is 110 Å². The van der Waals surface area contributed by atoms with Crippen LogP contribution in [0.1, 0.15) is 0 Å². The molecule has 4 nitrogen and oxygen atoms in total. The van der Waals surface area contributed by atoms with Crippen molar-refractivity contribution in [2.45, 2.75) is 0 Å². The quantitative estimate of drug-likeness (QED) is 0.440. The van der Waals surface area contributed by atoms with Crippen molar-refractivity contribution in [2.75, 3.05) is 4.93 Å². The first-order chi connectivity index (χ1) is 8.28. The normalized spacial score (nSPS) is 11.4. The minimum absolute atomic E-state index is 0.000430. The van der Waals surface area contributed by atoms with Gasteiger partial charge < -0.3 is 0 Å². The van der Waals surface area contributed by atoms with E-state index >= 15 is 0 Å². The minimum atomic E-state index is 0.000430. The standard InChI is InChI=1S/C12H12IN4/c1-13-17-8-14-11-4-3-9(5-12(11)17)10-6-15-16(2)7-10/h3-8H,1-2H3/q-1. The molecule has 0 spiro atoms. The molecule has 0 aliphatic rings. The Morgan fingerprint density at radius 2 is 2.12 bits per heavy atom. The molecular weight excluding hydrogens is 327 g/mol. The van der Waals surface area contributed by atoms with Gasteiger partial charge in [0.05, 0.1) is 0 Å². The van der Waals surface area contributed by atoms with Gasteiger partial charge in [-0.25, -0.2) is 0 Å². The zero-order valence-electron chi connectivity index (χ0n) is 9.63. The summed E-state index contributed by atoms with van der Waals surface area (Å²) in [5, 5.41) is 4.20. The average Bonchev–Trinajstić information content (AvgIpc) is 2.94. The van der Waals surface area contributed by atoms with E-state index in [9.17, 15) is 0 Å². The van der Waals surface area contributed by atoms with E-state index < -0.39 is 0 Å². The van der Waals surface area contributed by atoms with E-state index in [-0.39, 0.29) is 21.5 Å². The number of imidazole rings is 1. The molecule has 2 heterocycles. The number of halogens is 1. The molecule has 0 amide bonds. The summed E-state index contributed by atoms with van der Waals surface area (Å²) >= 11 is 0.000430. The fourth-order valence-corrected chi connectivity index (χ4v) is 3.14. The van der Waals surface area contributed by atoms with E-state index in [0.717, 1.165) is 11.1 Å². The summed E-state index contributed by atoms with van der Waals surface area (Å²) < 4.78 is 4.08. The fraction of sp³-hybridized carbons (Fsp3) is 0.167. The second-order valence-corrected chi connectivity index (χ2v) is 5.84. The Labute approximate surface area is 110 Å². The molecule has 0 aliphatic heterocycles. The third-order valence-electron chi connectivity index (χ3n) is 2.72. The summed E-state index contributed by atoms with van der Waals surface area (Å²) in [5.41, 5.74) is 4.64. The SMILES string of the molecule is C[I-]n1cnc2ccc(-c3cnn(C)c3)cc21. The fourth-order valence-electron chi connectivity index (χ4n) is 1.86. The van der Waals surface area contributed by atoms with E-state index in [1.807, 2.05) is 30.5 Å². The van der Waals surface area contributed by atoms with Crippen molar-refractivity contribution < 1.29 is 21.5 Å². The maximum absolute atomic E-state index is 4.40. The van der Waals surface area contributed by atoms with Gasteiger partial charge in [-0.1, -0.05) is 0 Å². The molecule has 0 N–H and O–H groups in total. The molecule has 0 fully saturated rings. The molecular formula is C12H12IN4-. The number of nitrogens with zero attached hydrogens (tertiary/aromatic N) is 4. The van der Waals surface area contributed by atoms with Gasteiger partial charge in [-0.05, 0) is 0 Å². The third-order valence-corrected chi connectivity index (χ3v) is 4.53. The molecule has 5 heteroatoms. The number of aromatic nitrogens is 4.